The van der Waals surface area contributed by atoms with Crippen LogP contribution in [0.1, 0.15) is 50.5 Å². The number of benzene rings is 2. The molecule has 5 rings (SSSR count). The third-order valence-corrected chi connectivity index (χ3v) is 10.8. The van der Waals surface area contributed by atoms with Gasteiger partial charge in [-0.3, -0.25) is 19.7 Å². The van der Waals surface area contributed by atoms with Crippen molar-refractivity contribution < 1.29 is 33.3 Å². The molecule has 13 nitrogen and oxygen atoms in total. The molecule has 1 atom stereocenters. The third kappa shape index (κ3) is 14.1. The van der Waals surface area contributed by atoms with E-state index in [1.54, 1.807) is 6.20 Å². The molecular weight excluding hydrogens is 776 g/mol. The monoisotopic (exact) mass is 826 g/mol. The number of hydrogen-bond donors (Lipinski definition) is 3. The van der Waals surface area contributed by atoms with Crippen LogP contribution in [0.2, 0.25) is 0 Å². The maximum Gasteiger partial charge on any atom is 0.240 e. The van der Waals surface area contributed by atoms with Gasteiger partial charge in [-0.05, 0) is 96.4 Å². The molecule has 0 spiro atoms. The Bertz CT molecular complexity index is 1650. The van der Waals surface area contributed by atoms with E-state index < -0.39 is 0 Å². The van der Waals surface area contributed by atoms with E-state index in [0.717, 1.165) is 59.3 Å². The van der Waals surface area contributed by atoms with Gasteiger partial charge in [-0.1, -0.05) is 18.6 Å². The van der Waals surface area contributed by atoms with Gasteiger partial charge in [0, 0.05) is 55.9 Å². The Morgan fingerprint density at radius 2 is 1.70 bits per heavy atom. The van der Waals surface area contributed by atoms with Crippen molar-refractivity contribution in [3.63, 3.8) is 0 Å². The molecule has 2 aliphatic rings. The predicted molar refractivity (Wildman–Crippen MR) is 212 cm³/mol. The van der Waals surface area contributed by atoms with Crippen LogP contribution in [0.5, 0.6) is 5.75 Å². The van der Waals surface area contributed by atoms with Gasteiger partial charge in [0.15, 0.2) is 0 Å². The van der Waals surface area contributed by atoms with Crippen LogP contribution in [-0.2, 0) is 35.0 Å². The van der Waals surface area contributed by atoms with Crippen molar-refractivity contribution in [2.45, 2.75) is 61.5 Å². The summed E-state index contributed by atoms with van der Waals surface area (Å²) in [5.74, 6) is 1.98. The lowest BCUT2D eigenvalue weighted by atomic mass is 9.84. The fourth-order valence-corrected chi connectivity index (χ4v) is 7.22. The van der Waals surface area contributed by atoms with Crippen molar-refractivity contribution in [1.82, 2.24) is 20.2 Å². The Morgan fingerprint density at radius 3 is 2.43 bits per heavy atom. The number of imide groups is 1. The van der Waals surface area contributed by atoms with Crippen molar-refractivity contribution in [2.75, 3.05) is 77.0 Å². The summed E-state index contributed by atoms with van der Waals surface area (Å²) in [7, 11) is 1.88. The predicted octanol–water partition coefficient (Wildman–Crippen LogP) is 6.00. The summed E-state index contributed by atoms with van der Waals surface area (Å²) >= 11 is 5.03. The first-order valence-corrected chi connectivity index (χ1v) is 20.3. The van der Waals surface area contributed by atoms with Crippen molar-refractivity contribution in [2.24, 2.45) is 5.92 Å². The lowest BCUT2D eigenvalue weighted by molar-refractivity contribution is -0.137. The van der Waals surface area contributed by atoms with Gasteiger partial charge < -0.3 is 34.5 Å². The third-order valence-electron chi connectivity index (χ3n) is 9.01. The zero-order valence-corrected chi connectivity index (χ0v) is 33.3. The summed E-state index contributed by atoms with van der Waals surface area (Å²) in [5.41, 5.74) is 2.03. The van der Waals surface area contributed by atoms with E-state index in [1.807, 2.05) is 48.3 Å². The number of nitrogens with zero attached hydrogens (tertiary/aromatic N) is 3. The largest absolute Gasteiger partial charge is 0.491 e. The number of piperidine rings is 1. The second-order valence-corrected chi connectivity index (χ2v) is 15.3. The van der Waals surface area contributed by atoms with Gasteiger partial charge in [0.1, 0.15) is 18.2 Å². The van der Waals surface area contributed by atoms with Crippen molar-refractivity contribution in [3.05, 3.63) is 64.8 Å². The average Bonchev–Trinajstić information content (AvgIpc) is 3.14. The Kier molecular flexibility index (Phi) is 17.3. The Hall–Kier alpha value is -3.76. The summed E-state index contributed by atoms with van der Waals surface area (Å²) in [6.07, 6.45) is 8.46. The number of halogens is 1. The Labute approximate surface area is 330 Å². The Balaban J connectivity index is 0.851. The fraction of sp³-hybridized carbons (Fsp3) is 0.513. The maximum atomic E-state index is 12.3. The summed E-state index contributed by atoms with van der Waals surface area (Å²) in [5, 5.41) is 8.76. The molecule has 3 N–H and O–H groups in total. The van der Waals surface area contributed by atoms with Crippen molar-refractivity contribution in [3.8, 4) is 5.75 Å². The van der Waals surface area contributed by atoms with Crippen LogP contribution in [-0.4, -0.2) is 104 Å². The highest BCUT2D eigenvalue weighted by Gasteiger charge is 2.28. The van der Waals surface area contributed by atoms with E-state index in [0.29, 0.717) is 83.9 Å². The minimum Gasteiger partial charge on any atom is -0.491 e. The Morgan fingerprint density at radius 1 is 0.963 bits per heavy atom. The summed E-state index contributed by atoms with van der Waals surface area (Å²) in [6, 6.07) is 15.8. The maximum absolute atomic E-state index is 12.3. The van der Waals surface area contributed by atoms with Gasteiger partial charge >= 0.3 is 0 Å². The molecule has 2 heterocycles. The number of amides is 3. The number of hydrogen-bond acceptors (Lipinski definition) is 12. The zero-order valence-electron chi connectivity index (χ0n) is 30.9. The molecule has 3 amide bonds. The molecule has 1 saturated heterocycles. The van der Waals surface area contributed by atoms with E-state index in [1.165, 1.54) is 17.3 Å². The lowest BCUT2D eigenvalue weighted by Crippen LogP contribution is -2.42. The molecule has 1 aliphatic heterocycles. The molecule has 292 valence electrons. The second-order valence-electron chi connectivity index (χ2n) is 13.2. The first-order chi connectivity index (χ1) is 26.3. The number of aryl methyl sites for hydroxylation is 1. The first-order valence-electron chi connectivity index (χ1n) is 18.7. The van der Waals surface area contributed by atoms with Gasteiger partial charge in [0.2, 0.25) is 23.7 Å². The zero-order chi connectivity index (χ0) is 38.0. The van der Waals surface area contributed by atoms with Crippen molar-refractivity contribution in [1.29, 1.82) is 0 Å². The number of ether oxygens (including phenoxy) is 4. The molecule has 1 aliphatic carbocycles. The SMILES string of the molecule is CN(CCCNc1nc(Nc2ccc(OCCOCCOCCOCCCc3cccc(SC4CCC(=O)NC4=O)c3)cc2)ncc1Br)C(=O)C1CCC1. The van der Waals surface area contributed by atoms with Gasteiger partial charge in [0.05, 0.1) is 42.8 Å². The molecule has 54 heavy (non-hydrogen) atoms. The quantitative estimate of drug-likeness (QED) is 0.0718. The number of rotatable bonds is 24. The van der Waals surface area contributed by atoms with Crippen LogP contribution in [0.25, 0.3) is 0 Å². The lowest BCUT2D eigenvalue weighted by Gasteiger charge is -2.29. The van der Waals surface area contributed by atoms with E-state index in [4.69, 9.17) is 18.9 Å². The second kappa shape index (κ2) is 22.6. The van der Waals surface area contributed by atoms with Crippen LogP contribution in [0.15, 0.2) is 64.1 Å². The number of carbonyl (C=O) groups excluding carboxylic acids is 3. The summed E-state index contributed by atoms with van der Waals surface area (Å²) < 4.78 is 23.5. The molecule has 15 heteroatoms. The van der Waals surface area contributed by atoms with E-state index >= 15 is 0 Å². The molecular formula is C39H51BrN6O7S. The van der Waals surface area contributed by atoms with E-state index in [2.05, 4.69) is 54.0 Å². The number of thioether (sulfide) groups is 1. The van der Waals surface area contributed by atoms with Crippen LogP contribution in [0.3, 0.4) is 0 Å². The van der Waals surface area contributed by atoms with E-state index in [9.17, 15) is 14.4 Å². The molecule has 1 aromatic heterocycles. The minimum atomic E-state index is -0.225. The number of carbonyl (C=O) groups is 3. The van der Waals surface area contributed by atoms with Crippen LogP contribution in [0.4, 0.5) is 17.5 Å². The normalized spacial score (nSPS) is 15.7. The first kappa shape index (κ1) is 41.4. The topological polar surface area (TPSA) is 153 Å². The van der Waals surface area contributed by atoms with Gasteiger partial charge in [0.25, 0.3) is 0 Å². The molecule has 2 aromatic carbocycles. The molecule has 1 saturated carbocycles. The highest BCUT2D eigenvalue weighted by atomic mass is 79.9. The molecule has 3 aromatic rings. The summed E-state index contributed by atoms with van der Waals surface area (Å²) in [6.45, 7) is 4.88. The van der Waals surface area contributed by atoms with Gasteiger partial charge in [-0.2, -0.15) is 4.98 Å². The fourth-order valence-electron chi connectivity index (χ4n) is 5.78. The van der Waals surface area contributed by atoms with E-state index in [-0.39, 0.29) is 28.9 Å². The van der Waals surface area contributed by atoms with Crippen LogP contribution < -0.4 is 20.7 Å². The smallest absolute Gasteiger partial charge is 0.240 e. The average molecular weight is 828 g/mol. The van der Waals surface area contributed by atoms with Crippen LogP contribution in [0, 0.1) is 5.92 Å². The molecule has 0 bridgehead atoms. The molecule has 2 fully saturated rings. The minimum absolute atomic E-state index is 0.192. The van der Waals surface area contributed by atoms with Gasteiger partial charge in [-0.25, -0.2) is 4.98 Å². The number of anilines is 3. The van der Waals surface area contributed by atoms with Gasteiger partial charge in [-0.15, -0.1) is 11.8 Å². The molecule has 0 radical (unpaired) electrons. The highest BCUT2D eigenvalue weighted by molar-refractivity contribution is 9.10. The standard InChI is InChI=1S/C39H51BrN6O7S/c1-46(38(49)29-8-3-9-29)18-5-17-41-36-33(40)27-42-39(45-36)43-30-11-13-31(14-12-30)53-25-24-52-23-22-51-21-20-50-19-4-7-28-6-2-10-32(26-28)54-34-15-16-35(47)44-37(34)48/h2,6,10-14,26-27,29,34H,3-5,7-9,15-25H2,1H3,(H,44,47,48)(H2,41,42,43,45). The molecule has 1 unspecified atom stereocenters. The number of nitrogens with one attached hydrogen (secondary N) is 3. The number of aromatic nitrogens is 2. The van der Waals surface area contributed by atoms with Crippen molar-refractivity contribution >= 4 is 62.9 Å². The highest BCUT2D eigenvalue weighted by Crippen LogP contribution is 2.30. The summed E-state index contributed by atoms with van der Waals surface area (Å²) in [4.78, 5) is 47.6. The van der Waals surface area contributed by atoms with Crippen LogP contribution >= 0.6 is 27.7 Å².